The summed E-state index contributed by atoms with van der Waals surface area (Å²) in [6, 6.07) is 12.1. The number of para-hydroxylation sites is 1. The molecule has 3 rings (SSSR count). The molecule has 1 fully saturated rings. The van der Waals surface area contributed by atoms with Crippen LogP contribution in [0.15, 0.2) is 53.4 Å². The smallest absolute Gasteiger partial charge is 0.251 e. The summed E-state index contributed by atoms with van der Waals surface area (Å²) >= 11 is 0. The third-order valence-corrected chi connectivity index (χ3v) is 7.19. The Morgan fingerprint density at radius 3 is 2.60 bits per heavy atom. The minimum Gasteiger partial charge on any atom is -0.490 e. The second-order valence-electron chi connectivity index (χ2n) is 7.37. The predicted molar refractivity (Wildman–Crippen MR) is 112 cm³/mol. The molecule has 0 aromatic heterocycles. The predicted octanol–water partition coefficient (Wildman–Crippen LogP) is 3.59. The van der Waals surface area contributed by atoms with Crippen LogP contribution in [0.1, 0.15) is 43.0 Å². The average molecular weight is 435 g/mol. The number of amides is 1. The van der Waals surface area contributed by atoms with Crippen molar-refractivity contribution in [1.29, 1.82) is 0 Å². The van der Waals surface area contributed by atoms with Gasteiger partial charge in [-0.25, -0.2) is 12.8 Å². The van der Waals surface area contributed by atoms with E-state index in [0.717, 1.165) is 19.3 Å². The molecule has 162 valence electrons. The van der Waals surface area contributed by atoms with Gasteiger partial charge >= 0.3 is 0 Å². The molecular weight excluding hydrogens is 407 g/mol. The van der Waals surface area contributed by atoms with Gasteiger partial charge in [0.1, 0.15) is 0 Å². The zero-order valence-corrected chi connectivity index (χ0v) is 17.8. The summed E-state index contributed by atoms with van der Waals surface area (Å²) in [7, 11) is -3.55. The number of piperidine rings is 1. The van der Waals surface area contributed by atoms with Crippen molar-refractivity contribution in [3.8, 4) is 5.75 Å². The van der Waals surface area contributed by atoms with E-state index in [2.05, 4.69) is 5.32 Å². The summed E-state index contributed by atoms with van der Waals surface area (Å²) < 4.78 is 46.1. The second kappa shape index (κ2) is 10.0. The molecule has 1 aliphatic rings. The van der Waals surface area contributed by atoms with E-state index in [0.29, 0.717) is 25.1 Å². The number of benzene rings is 2. The van der Waals surface area contributed by atoms with Gasteiger partial charge in [-0.15, -0.1) is 0 Å². The molecule has 8 heteroatoms. The van der Waals surface area contributed by atoms with Crippen molar-refractivity contribution in [3.63, 3.8) is 0 Å². The second-order valence-corrected chi connectivity index (χ2v) is 9.26. The highest BCUT2D eigenvalue weighted by molar-refractivity contribution is 7.89. The van der Waals surface area contributed by atoms with Crippen molar-refractivity contribution in [2.75, 3.05) is 19.7 Å². The third-order valence-electron chi connectivity index (χ3n) is 5.17. The van der Waals surface area contributed by atoms with Crippen LogP contribution in [0, 0.1) is 5.82 Å². The zero-order chi connectivity index (χ0) is 21.6. The first-order valence-corrected chi connectivity index (χ1v) is 11.6. The number of sulfonamides is 1. The van der Waals surface area contributed by atoms with E-state index in [-0.39, 0.29) is 29.2 Å². The average Bonchev–Trinajstić information content (AvgIpc) is 2.75. The van der Waals surface area contributed by atoms with Crippen LogP contribution >= 0.6 is 0 Å². The number of carbonyl (C=O) groups excluding carboxylic acids is 1. The van der Waals surface area contributed by atoms with E-state index in [1.165, 1.54) is 30.3 Å². The maximum Gasteiger partial charge on any atom is 0.251 e. The van der Waals surface area contributed by atoms with Crippen molar-refractivity contribution in [2.45, 2.75) is 43.5 Å². The minimum atomic E-state index is -3.55. The van der Waals surface area contributed by atoms with Gasteiger partial charge in [-0.3, -0.25) is 4.79 Å². The van der Waals surface area contributed by atoms with Crippen LogP contribution in [0.3, 0.4) is 0 Å². The largest absolute Gasteiger partial charge is 0.490 e. The van der Waals surface area contributed by atoms with E-state index in [1.54, 1.807) is 22.5 Å². The Kier molecular flexibility index (Phi) is 7.44. The SMILES string of the molecule is C[C@@H]1CCCCN1S(=O)(=O)c1ccc(C(=O)NCCCOc2ccccc2F)cc1. The van der Waals surface area contributed by atoms with Gasteiger partial charge in [-0.05, 0) is 62.6 Å². The molecule has 30 heavy (non-hydrogen) atoms. The molecule has 1 amide bonds. The zero-order valence-electron chi connectivity index (χ0n) is 17.0. The van der Waals surface area contributed by atoms with Crippen LogP contribution in [0.4, 0.5) is 4.39 Å². The summed E-state index contributed by atoms with van der Waals surface area (Å²) in [5, 5.41) is 2.76. The number of hydrogen-bond donors (Lipinski definition) is 1. The number of ether oxygens (including phenoxy) is 1. The van der Waals surface area contributed by atoms with E-state index in [9.17, 15) is 17.6 Å². The molecule has 1 saturated heterocycles. The van der Waals surface area contributed by atoms with Crippen molar-refractivity contribution in [3.05, 3.63) is 59.9 Å². The molecule has 1 atom stereocenters. The Labute approximate surface area is 177 Å². The van der Waals surface area contributed by atoms with Crippen molar-refractivity contribution >= 4 is 15.9 Å². The summed E-state index contributed by atoms with van der Waals surface area (Å²) in [4.78, 5) is 12.5. The van der Waals surface area contributed by atoms with Gasteiger partial charge in [-0.2, -0.15) is 4.31 Å². The standard InChI is InChI=1S/C22H27FN2O4S/c1-17-7-4-5-15-25(17)30(27,28)19-12-10-18(11-13-19)22(26)24-14-6-16-29-21-9-3-2-8-20(21)23/h2-3,8-13,17H,4-7,14-16H2,1H3,(H,24,26)/t17-/m1/s1. The lowest BCUT2D eigenvalue weighted by atomic mass is 10.1. The van der Waals surface area contributed by atoms with Crippen molar-refractivity contribution in [2.24, 2.45) is 0 Å². The molecule has 0 aliphatic carbocycles. The van der Waals surface area contributed by atoms with Crippen molar-refractivity contribution in [1.82, 2.24) is 9.62 Å². The Morgan fingerprint density at radius 2 is 1.90 bits per heavy atom. The Hall–Kier alpha value is -2.45. The van der Waals surface area contributed by atoms with Gasteiger partial charge in [0, 0.05) is 24.7 Å². The Morgan fingerprint density at radius 1 is 1.17 bits per heavy atom. The van der Waals surface area contributed by atoms with Gasteiger partial charge in [0.25, 0.3) is 5.91 Å². The molecule has 1 aliphatic heterocycles. The number of carbonyl (C=O) groups is 1. The molecule has 6 nitrogen and oxygen atoms in total. The molecule has 0 radical (unpaired) electrons. The maximum absolute atomic E-state index is 13.5. The Balaban J connectivity index is 1.49. The highest BCUT2D eigenvalue weighted by atomic mass is 32.2. The number of nitrogens with one attached hydrogen (secondary N) is 1. The summed E-state index contributed by atoms with van der Waals surface area (Å²) in [5.41, 5.74) is 0.385. The third kappa shape index (κ3) is 5.37. The van der Waals surface area contributed by atoms with Gasteiger partial charge in [0.15, 0.2) is 11.6 Å². The molecule has 2 aromatic rings. The fourth-order valence-corrected chi connectivity index (χ4v) is 5.16. The summed E-state index contributed by atoms with van der Waals surface area (Å²) in [6.45, 7) is 3.08. The number of rotatable bonds is 8. The molecule has 1 heterocycles. The van der Waals surface area contributed by atoms with Crippen LogP contribution in [-0.2, 0) is 10.0 Å². The fourth-order valence-electron chi connectivity index (χ4n) is 3.46. The quantitative estimate of drug-likeness (QED) is 0.645. The molecular formula is C22H27FN2O4S. The normalized spacial score (nSPS) is 17.5. The highest BCUT2D eigenvalue weighted by Crippen LogP contribution is 2.25. The van der Waals surface area contributed by atoms with Crippen LogP contribution in [0.25, 0.3) is 0 Å². The van der Waals surface area contributed by atoms with Gasteiger partial charge in [0.05, 0.1) is 11.5 Å². The lowest BCUT2D eigenvalue weighted by Crippen LogP contribution is -2.41. The first kappa shape index (κ1) is 22.2. The van der Waals surface area contributed by atoms with E-state index in [1.807, 2.05) is 6.92 Å². The van der Waals surface area contributed by atoms with Gasteiger partial charge < -0.3 is 10.1 Å². The highest BCUT2D eigenvalue weighted by Gasteiger charge is 2.30. The summed E-state index contributed by atoms with van der Waals surface area (Å²) in [6.07, 6.45) is 3.28. The van der Waals surface area contributed by atoms with E-state index < -0.39 is 15.8 Å². The van der Waals surface area contributed by atoms with Crippen LogP contribution in [0.2, 0.25) is 0 Å². The van der Waals surface area contributed by atoms with Crippen LogP contribution < -0.4 is 10.1 Å². The topological polar surface area (TPSA) is 75.7 Å². The number of nitrogens with zero attached hydrogens (tertiary/aromatic N) is 1. The van der Waals surface area contributed by atoms with E-state index in [4.69, 9.17) is 4.74 Å². The van der Waals surface area contributed by atoms with Crippen LogP contribution in [-0.4, -0.2) is 44.4 Å². The van der Waals surface area contributed by atoms with Crippen molar-refractivity contribution < 1.29 is 22.3 Å². The summed E-state index contributed by atoms with van der Waals surface area (Å²) in [5.74, 6) is -0.532. The lowest BCUT2D eigenvalue weighted by molar-refractivity contribution is 0.0951. The first-order valence-electron chi connectivity index (χ1n) is 10.2. The molecule has 0 bridgehead atoms. The van der Waals surface area contributed by atoms with Gasteiger partial charge in [0.2, 0.25) is 10.0 Å². The molecule has 0 unspecified atom stereocenters. The van der Waals surface area contributed by atoms with E-state index >= 15 is 0 Å². The lowest BCUT2D eigenvalue weighted by Gasteiger charge is -2.32. The molecule has 0 saturated carbocycles. The number of hydrogen-bond acceptors (Lipinski definition) is 4. The first-order chi connectivity index (χ1) is 14.4. The van der Waals surface area contributed by atoms with Gasteiger partial charge in [-0.1, -0.05) is 18.6 Å². The molecule has 2 aromatic carbocycles. The Bertz CT molecular complexity index is 963. The number of halogens is 1. The molecule has 1 N–H and O–H groups in total. The maximum atomic E-state index is 13.5. The fraction of sp³-hybridized carbons (Fsp3) is 0.409. The van der Waals surface area contributed by atoms with Crippen LogP contribution in [0.5, 0.6) is 5.75 Å². The molecule has 0 spiro atoms. The minimum absolute atomic E-state index is 0.0155. The monoisotopic (exact) mass is 434 g/mol.